The SMILES string of the molecule is Cc1cc2c(cc1Nc1ccc3c(c1)C(C)(C)c1ccccc1C3(C)C)C(C)(C)CCC2(C)C. The highest BCUT2D eigenvalue weighted by Gasteiger charge is 2.41. The minimum atomic E-state index is -0.0317. The minimum Gasteiger partial charge on any atom is -0.355 e. The molecule has 0 atom stereocenters. The number of aryl methyl sites for hydroxylation is 1. The minimum absolute atomic E-state index is 0.00266. The van der Waals surface area contributed by atoms with Crippen LogP contribution in [0.3, 0.4) is 0 Å². The number of fused-ring (bicyclic) bond motifs is 3. The largest absolute Gasteiger partial charge is 0.355 e. The van der Waals surface area contributed by atoms with Gasteiger partial charge in [0.05, 0.1) is 0 Å². The lowest BCUT2D eigenvalue weighted by molar-refractivity contribution is 0.332. The molecule has 34 heavy (non-hydrogen) atoms. The molecule has 0 radical (unpaired) electrons. The number of nitrogens with one attached hydrogen (secondary N) is 1. The van der Waals surface area contributed by atoms with E-state index in [2.05, 4.69) is 122 Å². The molecule has 0 saturated heterocycles. The van der Waals surface area contributed by atoms with Crippen molar-refractivity contribution in [1.82, 2.24) is 0 Å². The zero-order chi connectivity index (χ0) is 24.7. The van der Waals surface area contributed by atoms with Crippen LogP contribution in [0.4, 0.5) is 11.4 Å². The Bertz CT molecular complexity index is 1290. The summed E-state index contributed by atoms with van der Waals surface area (Å²) < 4.78 is 0. The van der Waals surface area contributed by atoms with E-state index in [1.165, 1.54) is 63.2 Å². The Morgan fingerprint density at radius 3 is 1.65 bits per heavy atom. The summed E-state index contributed by atoms with van der Waals surface area (Å²) in [4.78, 5) is 0. The molecule has 178 valence electrons. The van der Waals surface area contributed by atoms with Crippen LogP contribution in [-0.4, -0.2) is 0 Å². The van der Waals surface area contributed by atoms with Crippen LogP contribution >= 0.6 is 0 Å². The van der Waals surface area contributed by atoms with Gasteiger partial charge in [-0.1, -0.05) is 91.8 Å². The van der Waals surface area contributed by atoms with Gasteiger partial charge in [-0.25, -0.2) is 0 Å². The van der Waals surface area contributed by atoms with Gasteiger partial charge in [-0.3, -0.25) is 0 Å². The quantitative estimate of drug-likeness (QED) is 0.410. The predicted molar refractivity (Wildman–Crippen MR) is 147 cm³/mol. The normalized spacial score (nSPS) is 20.6. The zero-order valence-corrected chi connectivity index (χ0v) is 22.6. The average molecular weight is 452 g/mol. The van der Waals surface area contributed by atoms with E-state index in [0.29, 0.717) is 0 Å². The lowest BCUT2D eigenvalue weighted by Gasteiger charge is -2.44. The Morgan fingerprint density at radius 2 is 1.06 bits per heavy atom. The molecule has 2 aliphatic rings. The molecule has 5 rings (SSSR count). The highest BCUT2D eigenvalue weighted by atomic mass is 14.9. The van der Waals surface area contributed by atoms with Crippen molar-refractivity contribution >= 4 is 11.4 Å². The molecule has 0 unspecified atom stereocenters. The molecular formula is C33H41N. The van der Waals surface area contributed by atoms with E-state index < -0.39 is 0 Å². The standard InChI is InChI=1S/C33H41N/c1-21-18-26-27(31(4,5)17-16-30(26,2)3)20-29(21)34-22-14-15-25-28(19-22)33(8,9)24-13-11-10-12-23(24)32(25,6)7/h10-15,18-20,34H,16-17H2,1-9H3. The Balaban J connectivity index is 1.59. The fourth-order valence-corrected chi connectivity index (χ4v) is 6.56. The van der Waals surface area contributed by atoms with Crippen LogP contribution in [0.2, 0.25) is 0 Å². The maximum Gasteiger partial charge on any atom is 0.0417 e. The summed E-state index contributed by atoms with van der Waals surface area (Å²) in [5.74, 6) is 0. The second-order valence-electron chi connectivity index (χ2n) is 13.2. The van der Waals surface area contributed by atoms with Crippen LogP contribution in [-0.2, 0) is 21.7 Å². The van der Waals surface area contributed by atoms with Gasteiger partial charge in [0.2, 0.25) is 0 Å². The highest BCUT2D eigenvalue weighted by Crippen LogP contribution is 2.51. The second-order valence-corrected chi connectivity index (χ2v) is 13.2. The molecule has 0 spiro atoms. The summed E-state index contributed by atoms with van der Waals surface area (Å²) in [7, 11) is 0. The molecule has 0 amide bonds. The van der Waals surface area contributed by atoms with E-state index in [4.69, 9.17) is 0 Å². The van der Waals surface area contributed by atoms with Crippen LogP contribution in [0.25, 0.3) is 0 Å². The van der Waals surface area contributed by atoms with Crippen molar-refractivity contribution in [2.45, 2.75) is 96.8 Å². The van der Waals surface area contributed by atoms with Crippen molar-refractivity contribution in [3.63, 3.8) is 0 Å². The third-order valence-electron chi connectivity index (χ3n) is 9.12. The summed E-state index contributed by atoms with van der Waals surface area (Å²) in [5.41, 5.74) is 12.9. The summed E-state index contributed by atoms with van der Waals surface area (Å²) in [6.45, 7) is 21.3. The lowest BCUT2D eigenvalue weighted by Crippen LogP contribution is -2.36. The molecule has 0 bridgehead atoms. The molecule has 3 aromatic rings. The van der Waals surface area contributed by atoms with Crippen LogP contribution in [0.1, 0.15) is 107 Å². The van der Waals surface area contributed by atoms with Gasteiger partial charge in [-0.05, 0) is 87.7 Å². The van der Waals surface area contributed by atoms with E-state index in [-0.39, 0.29) is 21.7 Å². The molecule has 0 saturated carbocycles. The molecule has 1 heteroatoms. The fraction of sp³-hybridized carbons (Fsp3) is 0.455. The Morgan fingerprint density at radius 1 is 0.559 bits per heavy atom. The van der Waals surface area contributed by atoms with Gasteiger partial charge in [0.1, 0.15) is 0 Å². The van der Waals surface area contributed by atoms with Gasteiger partial charge in [0.15, 0.2) is 0 Å². The maximum absolute atomic E-state index is 3.83. The first-order valence-corrected chi connectivity index (χ1v) is 12.9. The van der Waals surface area contributed by atoms with Crippen LogP contribution in [0, 0.1) is 6.92 Å². The first-order valence-electron chi connectivity index (χ1n) is 12.9. The van der Waals surface area contributed by atoms with Crippen molar-refractivity contribution in [1.29, 1.82) is 0 Å². The van der Waals surface area contributed by atoms with Crippen LogP contribution in [0.5, 0.6) is 0 Å². The smallest absolute Gasteiger partial charge is 0.0417 e. The number of benzene rings is 3. The molecule has 3 aromatic carbocycles. The molecule has 2 aliphatic carbocycles. The van der Waals surface area contributed by atoms with Crippen molar-refractivity contribution in [2.75, 3.05) is 5.32 Å². The molecule has 0 fully saturated rings. The Kier molecular flexibility index (Phi) is 4.94. The zero-order valence-electron chi connectivity index (χ0n) is 22.6. The van der Waals surface area contributed by atoms with Gasteiger partial charge in [-0.15, -0.1) is 0 Å². The van der Waals surface area contributed by atoms with Crippen LogP contribution in [0.15, 0.2) is 54.6 Å². The van der Waals surface area contributed by atoms with Gasteiger partial charge >= 0.3 is 0 Å². The molecule has 0 aromatic heterocycles. The van der Waals surface area contributed by atoms with E-state index in [1.54, 1.807) is 0 Å². The molecular weight excluding hydrogens is 410 g/mol. The van der Waals surface area contributed by atoms with E-state index in [1.807, 2.05) is 0 Å². The molecule has 1 N–H and O–H groups in total. The fourth-order valence-electron chi connectivity index (χ4n) is 6.56. The van der Waals surface area contributed by atoms with Crippen molar-refractivity contribution in [2.24, 2.45) is 0 Å². The van der Waals surface area contributed by atoms with Crippen molar-refractivity contribution in [3.8, 4) is 0 Å². The summed E-state index contributed by atoms with van der Waals surface area (Å²) in [6.07, 6.45) is 2.48. The summed E-state index contributed by atoms with van der Waals surface area (Å²) in [6, 6.07) is 20.9. The third kappa shape index (κ3) is 3.35. The Labute approximate surface area is 207 Å². The summed E-state index contributed by atoms with van der Waals surface area (Å²) in [5, 5.41) is 3.83. The maximum atomic E-state index is 3.83. The van der Waals surface area contributed by atoms with E-state index in [0.717, 1.165) is 0 Å². The third-order valence-corrected chi connectivity index (χ3v) is 9.12. The number of hydrogen-bond donors (Lipinski definition) is 1. The average Bonchev–Trinajstić information content (AvgIpc) is 2.77. The summed E-state index contributed by atoms with van der Waals surface area (Å²) >= 11 is 0. The van der Waals surface area contributed by atoms with Crippen molar-refractivity contribution in [3.05, 3.63) is 93.5 Å². The van der Waals surface area contributed by atoms with Crippen LogP contribution < -0.4 is 5.32 Å². The number of rotatable bonds is 2. The van der Waals surface area contributed by atoms with E-state index in [9.17, 15) is 0 Å². The first-order chi connectivity index (χ1) is 15.7. The van der Waals surface area contributed by atoms with E-state index >= 15 is 0 Å². The monoisotopic (exact) mass is 451 g/mol. The van der Waals surface area contributed by atoms with Crippen molar-refractivity contribution < 1.29 is 0 Å². The first kappa shape index (κ1) is 23.2. The van der Waals surface area contributed by atoms with Gasteiger partial charge in [-0.2, -0.15) is 0 Å². The molecule has 1 nitrogen and oxygen atoms in total. The van der Waals surface area contributed by atoms with Gasteiger partial charge in [0, 0.05) is 22.2 Å². The number of anilines is 2. The lowest BCUT2D eigenvalue weighted by atomic mass is 9.60. The molecule has 0 aliphatic heterocycles. The number of hydrogen-bond acceptors (Lipinski definition) is 1. The second kappa shape index (κ2) is 7.23. The Hall–Kier alpha value is -2.54. The topological polar surface area (TPSA) is 12.0 Å². The molecule has 0 heterocycles. The van der Waals surface area contributed by atoms with Gasteiger partial charge in [0.25, 0.3) is 0 Å². The predicted octanol–water partition coefficient (Wildman–Crippen LogP) is 9.05. The highest BCUT2D eigenvalue weighted by molar-refractivity contribution is 5.70. The van der Waals surface area contributed by atoms with Gasteiger partial charge < -0.3 is 5.32 Å².